The highest BCUT2D eigenvalue weighted by molar-refractivity contribution is 7.90. The molecular formula is C23H33FN2O6S. The first kappa shape index (κ1) is 25.4. The Bertz CT molecular complexity index is 983. The van der Waals surface area contributed by atoms with Gasteiger partial charge in [-0.15, -0.1) is 0 Å². The lowest BCUT2D eigenvalue weighted by molar-refractivity contribution is -0.136. The van der Waals surface area contributed by atoms with Gasteiger partial charge in [0.25, 0.3) is 0 Å². The molecule has 0 bridgehead atoms. The van der Waals surface area contributed by atoms with Crippen molar-refractivity contribution in [2.24, 2.45) is 5.92 Å². The summed E-state index contributed by atoms with van der Waals surface area (Å²) in [5.74, 6) is -0.621. The zero-order chi connectivity index (χ0) is 24.4. The summed E-state index contributed by atoms with van der Waals surface area (Å²) in [6, 6.07) is 3.94. The average Bonchev–Trinajstić information content (AvgIpc) is 2.71. The normalized spacial score (nSPS) is 22.8. The van der Waals surface area contributed by atoms with E-state index in [1.54, 1.807) is 20.8 Å². The summed E-state index contributed by atoms with van der Waals surface area (Å²) in [7, 11) is -3.47. The molecule has 8 nitrogen and oxygen atoms in total. The predicted molar refractivity (Wildman–Crippen MR) is 120 cm³/mol. The van der Waals surface area contributed by atoms with Crippen LogP contribution in [0.25, 0.3) is 0 Å². The topological polar surface area (TPSA) is 93.2 Å². The number of rotatable bonds is 5. The van der Waals surface area contributed by atoms with E-state index in [0.29, 0.717) is 19.7 Å². The molecule has 184 valence electrons. The SMILES string of the molecule is CC(C)(C)OC(=O)N1CCN([C@H]2CC[C@H](COc3ccc(S(C)(=O)=O)cc3F)CC2)CC1=O. The number of carbonyl (C=O) groups excluding carboxylic acids is 2. The molecule has 3 rings (SSSR count). The lowest BCUT2D eigenvalue weighted by atomic mass is 9.85. The molecule has 33 heavy (non-hydrogen) atoms. The van der Waals surface area contributed by atoms with Crippen LogP contribution in [0.2, 0.25) is 0 Å². The number of carbonyl (C=O) groups is 2. The van der Waals surface area contributed by atoms with Crippen LogP contribution in [0.4, 0.5) is 9.18 Å². The van der Waals surface area contributed by atoms with Crippen molar-refractivity contribution in [3.8, 4) is 5.75 Å². The van der Waals surface area contributed by atoms with Crippen molar-refractivity contribution in [3.05, 3.63) is 24.0 Å². The maximum atomic E-state index is 14.2. The van der Waals surface area contributed by atoms with Crippen molar-refractivity contribution in [1.82, 2.24) is 9.80 Å². The molecule has 1 saturated heterocycles. The Balaban J connectivity index is 1.45. The number of imide groups is 1. The maximum absolute atomic E-state index is 14.2. The number of nitrogens with zero attached hydrogens (tertiary/aromatic N) is 2. The number of ether oxygens (including phenoxy) is 2. The van der Waals surface area contributed by atoms with Gasteiger partial charge in [0.1, 0.15) is 5.60 Å². The summed E-state index contributed by atoms with van der Waals surface area (Å²) >= 11 is 0. The highest BCUT2D eigenvalue weighted by atomic mass is 32.2. The van der Waals surface area contributed by atoms with Crippen molar-refractivity contribution in [1.29, 1.82) is 0 Å². The molecule has 0 N–H and O–H groups in total. The monoisotopic (exact) mass is 484 g/mol. The summed E-state index contributed by atoms with van der Waals surface area (Å²) in [6.45, 7) is 6.80. The minimum absolute atomic E-state index is 0.0494. The second-order valence-electron chi connectivity index (χ2n) is 9.85. The fraction of sp³-hybridized carbons (Fsp3) is 0.652. The molecule has 0 radical (unpaired) electrons. The summed E-state index contributed by atoms with van der Waals surface area (Å²) in [5.41, 5.74) is -0.645. The minimum Gasteiger partial charge on any atom is -0.490 e. The van der Waals surface area contributed by atoms with Crippen LogP contribution in [0.1, 0.15) is 46.5 Å². The first-order valence-electron chi connectivity index (χ1n) is 11.2. The Kier molecular flexibility index (Phi) is 7.68. The van der Waals surface area contributed by atoms with E-state index >= 15 is 0 Å². The van der Waals surface area contributed by atoms with E-state index < -0.39 is 27.3 Å². The Hall–Kier alpha value is -2.20. The Morgan fingerprint density at radius 2 is 1.82 bits per heavy atom. The van der Waals surface area contributed by atoms with Crippen LogP contribution in [0, 0.1) is 11.7 Å². The van der Waals surface area contributed by atoms with Crippen molar-refractivity contribution in [2.45, 2.75) is 63.0 Å². The van der Waals surface area contributed by atoms with E-state index in [0.717, 1.165) is 38.0 Å². The molecule has 1 aliphatic heterocycles. The van der Waals surface area contributed by atoms with Gasteiger partial charge in [-0.2, -0.15) is 0 Å². The van der Waals surface area contributed by atoms with Crippen LogP contribution >= 0.6 is 0 Å². The number of halogens is 1. The van der Waals surface area contributed by atoms with E-state index in [1.807, 2.05) is 0 Å². The van der Waals surface area contributed by atoms with Crippen LogP contribution in [0.5, 0.6) is 5.75 Å². The molecule has 0 atom stereocenters. The van der Waals surface area contributed by atoms with Crippen LogP contribution < -0.4 is 4.74 Å². The first-order chi connectivity index (χ1) is 15.3. The molecule has 10 heteroatoms. The van der Waals surface area contributed by atoms with Crippen LogP contribution in [0.15, 0.2) is 23.1 Å². The predicted octanol–water partition coefficient (Wildman–Crippen LogP) is 3.25. The third kappa shape index (κ3) is 6.89. The second-order valence-corrected chi connectivity index (χ2v) is 11.9. The third-order valence-electron chi connectivity index (χ3n) is 6.00. The number of piperazine rings is 1. The highest BCUT2D eigenvalue weighted by Gasteiger charge is 2.35. The Morgan fingerprint density at radius 1 is 1.15 bits per heavy atom. The zero-order valence-electron chi connectivity index (χ0n) is 19.7. The summed E-state index contributed by atoms with van der Waals surface area (Å²) in [6.07, 6.45) is 3.99. The quantitative estimate of drug-likeness (QED) is 0.633. The van der Waals surface area contributed by atoms with Gasteiger partial charge < -0.3 is 9.47 Å². The zero-order valence-corrected chi connectivity index (χ0v) is 20.5. The highest BCUT2D eigenvalue weighted by Crippen LogP contribution is 2.30. The molecule has 2 amide bonds. The molecule has 1 heterocycles. The molecule has 0 aromatic heterocycles. The summed E-state index contributed by atoms with van der Waals surface area (Å²) < 4.78 is 48.2. The van der Waals surface area contributed by atoms with Gasteiger partial charge in [0.05, 0.1) is 18.0 Å². The minimum atomic E-state index is -3.47. The largest absolute Gasteiger partial charge is 0.490 e. The first-order valence-corrected chi connectivity index (χ1v) is 13.1. The second kappa shape index (κ2) is 9.97. The number of sulfone groups is 1. The molecule has 2 fully saturated rings. The fourth-order valence-corrected chi connectivity index (χ4v) is 4.86. The van der Waals surface area contributed by atoms with E-state index in [1.165, 1.54) is 17.0 Å². The van der Waals surface area contributed by atoms with Gasteiger partial charge >= 0.3 is 6.09 Å². The molecule has 0 unspecified atom stereocenters. The van der Waals surface area contributed by atoms with Crippen LogP contribution in [0.3, 0.4) is 0 Å². The molecule has 2 aliphatic rings. The van der Waals surface area contributed by atoms with Crippen molar-refractivity contribution in [3.63, 3.8) is 0 Å². The standard InChI is InChI=1S/C23H33FN2O6S/c1-23(2,3)32-22(28)26-12-11-25(14-21(26)27)17-7-5-16(6-8-17)15-31-20-10-9-18(13-19(20)24)33(4,29)30/h9-10,13,16-17H,5-8,11-12,14-15H2,1-4H3/t16-,17-. The van der Waals surface area contributed by atoms with E-state index in [9.17, 15) is 22.4 Å². The van der Waals surface area contributed by atoms with Gasteiger partial charge in [-0.1, -0.05) is 0 Å². The van der Waals surface area contributed by atoms with Gasteiger partial charge in [-0.05, 0) is 70.6 Å². The van der Waals surface area contributed by atoms with Crippen LogP contribution in [-0.4, -0.2) is 74.4 Å². The Morgan fingerprint density at radius 3 is 2.36 bits per heavy atom. The summed E-state index contributed by atoms with van der Waals surface area (Å²) in [5, 5.41) is 0. The molecule has 1 aliphatic carbocycles. The van der Waals surface area contributed by atoms with E-state index in [2.05, 4.69) is 4.90 Å². The molecule has 1 aromatic rings. The van der Waals surface area contributed by atoms with Gasteiger partial charge in [0.2, 0.25) is 5.91 Å². The van der Waals surface area contributed by atoms with Crippen LogP contribution in [-0.2, 0) is 19.4 Å². The lowest BCUT2D eigenvalue weighted by Gasteiger charge is -2.40. The summed E-state index contributed by atoms with van der Waals surface area (Å²) in [4.78, 5) is 28.0. The molecule has 1 saturated carbocycles. The van der Waals surface area contributed by atoms with E-state index in [-0.39, 0.29) is 35.1 Å². The van der Waals surface area contributed by atoms with E-state index in [4.69, 9.17) is 9.47 Å². The molecular weight excluding hydrogens is 451 g/mol. The smallest absolute Gasteiger partial charge is 0.417 e. The van der Waals surface area contributed by atoms with Gasteiger partial charge in [0.15, 0.2) is 21.4 Å². The average molecular weight is 485 g/mol. The van der Waals surface area contributed by atoms with Crippen molar-refractivity contribution >= 4 is 21.8 Å². The van der Waals surface area contributed by atoms with Crippen molar-refractivity contribution < 1.29 is 31.9 Å². The molecule has 0 spiro atoms. The number of amides is 2. The lowest BCUT2D eigenvalue weighted by Crippen LogP contribution is -2.56. The van der Waals surface area contributed by atoms with Gasteiger partial charge in [-0.3, -0.25) is 9.69 Å². The number of hydrogen-bond acceptors (Lipinski definition) is 7. The van der Waals surface area contributed by atoms with Gasteiger partial charge in [0, 0.05) is 25.4 Å². The Labute approximate surface area is 194 Å². The number of hydrogen-bond donors (Lipinski definition) is 0. The maximum Gasteiger partial charge on any atom is 0.417 e. The third-order valence-corrected chi connectivity index (χ3v) is 7.11. The van der Waals surface area contributed by atoms with Gasteiger partial charge in [-0.25, -0.2) is 22.5 Å². The van der Waals surface area contributed by atoms with Crippen molar-refractivity contribution in [2.75, 3.05) is 32.5 Å². The molecule has 1 aromatic carbocycles. The fourth-order valence-electron chi connectivity index (χ4n) is 4.23. The number of benzene rings is 1.